The Morgan fingerprint density at radius 1 is 0.714 bits per heavy atom. The Morgan fingerprint density at radius 2 is 1.40 bits per heavy atom. The maximum absolute atomic E-state index is 7.18. The van der Waals surface area contributed by atoms with E-state index >= 15 is 0 Å². The van der Waals surface area contributed by atoms with Crippen LogP contribution in [0.4, 0.5) is 0 Å². The van der Waals surface area contributed by atoms with Gasteiger partial charge in [0.15, 0.2) is 0 Å². The predicted molar refractivity (Wildman–Crippen MR) is 167 cm³/mol. The Morgan fingerprint density at radius 3 is 2.10 bits per heavy atom. The van der Waals surface area contributed by atoms with E-state index in [2.05, 4.69) is 37.8 Å². The van der Waals surface area contributed by atoms with E-state index in [1.807, 2.05) is 21.3 Å². The summed E-state index contributed by atoms with van der Waals surface area (Å²) in [4.78, 5) is 0. The number of rotatable bonds is 5. The van der Waals surface area contributed by atoms with Crippen molar-refractivity contribution in [1.29, 1.82) is 0 Å². The van der Waals surface area contributed by atoms with Gasteiger partial charge in [-0.15, -0.1) is 0 Å². The third-order valence-corrected chi connectivity index (χ3v) is 14.3. The summed E-state index contributed by atoms with van der Waals surface area (Å²) < 4.78 is 27.5. The summed E-state index contributed by atoms with van der Waals surface area (Å²) >= 11 is 0. The molecule has 0 amide bonds. The van der Waals surface area contributed by atoms with Crippen molar-refractivity contribution >= 4 is 8.32 Å². The average Bonchev–Trinajstić information content (AvgIpc) is 3.70. The Labute approximate surface area is 253 Å². The molecule has 0 heterocycles. The second-order valence-corrected chi connectivity index (χ2v) is 20.2. The first-order valence-electron chi connectivity index (χ1n) is 17.0. The minimum absolute atomic E-state index is 0.00663. The van der Waals surface area contributed by atoms with Crippen molar-refractivity contribution in [1.82, 2.24) is 0 Å². The topological polar surface area (TPSA) is 36.9 Å². The molecule has 4 nitrogen and oxygen atoms in total. The van der Waals surface area contributed by atoms with Gasteiger partial charge in [-0.05, 0) is 99.0 Å². The molecule has 1 aromatic carbocycles. The molecule has 4 fully saturated rings. The highest BCUT2D eigenvalue weighted by Crippen LogP contribution is 2.88. The highest BCUT2D eigenvalue weighted by Gasteiger charge is 2.86. The van der Waals surface area contributed by atoms with Gasteiger partial charge < -0.3 is 18.6 Å². The third-order valence-electron chi connectivity index (χ3n) is 13.4. The zero-order chi connectivity index (χ0) is 28.9. The maximum Gasteiger partial charge on any atom is 0.242 e. The second-order valence-electron chi connectivity index (χ2n) is 15.7. The van der Waals surface area contributed by atoms with Gasteiger partial charge in [-0.3, -0.25) is 0 Å². The average molecular weight is 585 g/mol. The van der Waals surface area contributed by atoms with Crippen molar-refractivity contribution in [2.45, 2.75) is 113 Å². The van der Waals surface area contributed by atoms with E-state index in [4.69, 9.17) is 18.6 Å². The van der Waals surface area contributed by atoms with Crippen LogP contribution in [0.15, 0.2) is 51.8 Å². The molecule has 0 radical (unpaired) electrons. The Hall–Kier alpha value is -1.82. The fraction of sp³-hybridized carbons (Fsp3) is 0.676. The number of fused-ring (bicyclic) bond motifs is 7. The summed E-state index contributed by atoms with van der Waals surface area (Å²) in [5.74, 6) is 3.62. The molecule has 4 bridgehead atoms. The number of hydrogen-bond acceptors (Lipinski definition) is 4. The first kappa shape index (κ1) is 26.6. The van der Waals surface area contributed by atoms with Crippen LogP contribution >= 0.6 is 0 Å². The van der Waals surface area contributed by atoms with Crippen LogP contribution in [0.25, 0.3) is 0 Å². The molecule has 0 N–H and O–H groups in total. The molecule has 224 valence electrons. The van der Waals surface area contributed by atoms with E-state index in [1.54, 1.807) is 16.7 Å². The van der Waals surface area contributed by atoms with Gasteiger partial charge in [0.1, 0.15) is 22.7 Å². The van der Waals surface area contributed by atoms with Crippen molar-refractivity contribution < 1.29 is 18.6 Å². The van der Waals surface area contributed by atoms with Crippen LogP contribution in [0.3, 0.4) is 0 Å². The lowest BCUT2D eigenvalue weighted by molar-refractivity contribution is -0.0884. The first-order valence-corrected chi connectivity index (χ1v) is 20.4. The van der Waals surface area contributed by atoms with Gasteiger partial charge in [0, 0.05) is 53.9 Å². The summed E-state index contributed by atoms with van der Waals surface area (Å²) in [6, 6.07) is 7.12. The molecule has 0 aliphatic heterocycles. The van der Waals surface area contributed by atoms with Gasteiger partial charge in [0.2, 0.25) is 8.32 Å². The summed E-state index contributed by atoms with van der Waals surface area (Å²) in [7, 11) is 4.21. The lowest BCUT2D eigenvalue weighted by atomic mass is 9.52. The van der Waals surface area contributed by atoms with Crippen LogP contribution in [-0.2, 0) is 25.2 Å². The minimum Gasteiger partial charge on any atom is -0.544 e. The predicted octanol–water partition coefficient (Wildman–Crippen LogP) is 8.48. The molecule has 5 heteroatoms. The SMILES string of the molecule is COC1=C2C(=C3CCCC[C@H]31)[C@]13CCCCC1[C@@]2(OC)C1=C3[C@]23CCCCC2[C@@]1(OC)c1ccc(O[Si](C)(C)C)cc13. The van der Waals surface area contributed by atoms with E-state index in [-0.39, 0.29) is 10.8 Å². The van der Waals surface area contributed by atoms with Gasteiger partial charge in [0.25, 0.3) is 0 Å². The maximum atomic E-state index is 7.18. The third kappa shape index (κ3) is 2.57. The molecule has 2 unspecified atom stereocenters. The quantitative estimate of drug-likeness (QED) is 0.257. The largest absolute Gasteiger partial charge is 0.544 e. The normalized spacial score (nSPS) is 42.4. The van der Waals surface area contributed by atoms with Gasteiger partial charge in [-0.1, -0.05) is 43.7 Å². The van der Waals surface area contributed by atoms with E-state index < -0.39 is 19.5 Å². The minimum atomic E-state index is -1.75. The van der Waals surface area contributed by atoms with E-state index in [0.29, 0.717) is 17.8 Å². The Kier molecular flexibility index (Phi) is 5.22. The number of hydrogen-bond donors (Lipinski definition) is 0. The van der Waals surface area contributed by atoms with E-state index in [1.165, 1.54) is 105 Å². The zero-order valence-electron chi connectivity index (χ0n) is 26.6. The van der Waals surface area contributed by atoms with Crippen molar-refractivity contribution in [3.8, 4) is 5.75 Å². The van der Waals surface area contributed by atoms with E-state index in [0.717, 1.165) is 5.75 Å². The number of methoxy groups -OCH3 is 3. The van der Waals surface area contributed by atoms with Crippen LogP contribution in [0.2, 0.25) is 19.6 Å². The molecule has 9 rings (SSSR count). The fourth-order valence-electron chi connectivity index (χ4n) is 12.9. The molecule has 8 aliphatic rings. The highest BCUT2D eigenvalue weighted by molar-refractivity contribution is 6.70. The van der Waals surface area contributed by atoms with Crippen LogP contribution in [0.5, 0.6) is 5.75 Å². The Bertz CT molecular complexity index is 1510. The van der Waals surface area contributed by atoms with Crippen molar-refractivity contribution in [3.05, 3.63) is 63.0 Å². The van der Waals surface area contributed by atoms with E-state index in [9.17, 15) is 0 Å². The molecular formula is C37H48O4Si. The monoisotopic (exact) mass is 584 g/mol. The van der Waals surface area contributed by atoms with Crippen LogP contribution in [0.1, 0.15) is 88.2 Å². The molecule has 0 saturated heterocycles. The Balaban J connectivity index is 1.40. The molecule has 4 saturated carbocycles. The number of allylic oxidation sites excluding steroid dienone is 2. The van der Waals surface area contributed by atoms with Crippen molar-refractivity contribution in [3.63, 3.8) is 0 Å². The first-order chi connectivity index (χ1) is 20.3. The zero-order valence-corrected chi connectivity index (χ0v) is 27.6. The molecule has 0 spiro atoms. The summed E-state index contributed by atoms with van der Waals surface area (Å²) in [6.07, 6.45) is 15.1. The summed E-state index contributed by atoms with van der Waals surface area (Å²) in [6.45, 7) is 6.89. The van der Waals surface area contributed by atoms with Crippen LogP contribution < -0.4 is 4.43 Å². The fourth-order valence-corrected chi connectivity index (χ4v) is 13.7. The molecule has 1 aromatic rings. The lowest BCUT2D eigenvalue weighted by Crippen LogP contribution is -2.51. The highest BCUT2D eigenvalue weighted by atomic mass is 28.4. The van der Waals surface area contributed by atoms with Crippen LogP contribution in [0, 0.1) is 23.2 Å². The second kappa shape index (κ2) is 8.25. The molecule has 0 aromatic heterocycles. The van der Waals surface area contributed by atoms with Gasteiger partial charge in [0.05, 0.1) is 7.11 Å². The smallest absolute Gasteiger partial charge is 0.242 e. The van der Waals surface area contributed by atoms with Crippen molar-refractivity contribution in [2.75, 3.05) is 21.3 Å². The van der Waals surface area contributed by atoms with Gasteiger partial charge in [-0.2, -0.15) is 0 Å². The van der Waals surface area contributed by atoms with Crippen LogP contribution in [-0.4, -0.2) is 35.2 Å². The molecule has 8 aliphatic carbocycles. The number of ether oxygens (including phenoxy) is 3. The molecule has 7 atom stereocenters. The van der Waals surface area contributed by atoms with Gasteiger partial charge in [-0.25, -0.2) is 0 Å². The van der Waals surface area contributed by atoms with Gasteiger partial charge >= 0.3 is 0 Å². The van der Waals surface area contributed by atoms with Crippen molar-refractivity contribution in [2.24, 2.45) is 23.2 Å². The molecular weight excluding hydrogens is 536 g/mol. The molecule has 42 heavy (non-hydrogen) atoms. The summed E-state index contributed by atoms with van der Waals surface area (Å²) in [5.41, 5.74) is 10.3. The standard InChI is InChI=1S/C37H48O4Si/c1-38-31-24-14-8-7-13-23(24)29-30(31)37(40-3)28-16-10-12-20-35(28,29)32-33(37)36(39-2)25-18-17-22(41-42(4,5)6)21-26(25)34(32)19-11-9-15-27(34)36/h17-18,21,24,27-28H,7-16,19-20H2,1-6H3/t24-,27?,28?,34+,35+,36+,37+/m1/s1. The lowest BCUT2D eigenvalue weighted by Gasteiger charge is -2.50. The number of benzene rings is 1. The summed E-state index contributed by atoms with van der Waals surface area (Å²) in [5, 5.41) is 0.